The van der Waals surface area contributed by atoms with Gasteiger partial charge < -0.3 is 24.8 Å². The third kappa shape index (κ3) is 3.42. The van der Waals surface area contributed by atoms with Gasteiger partial charge in [0, 0.05) is 19.2 Å². The number of anilines is 1. The number of ether oxygens (including phenoxy) is 2. The molecule has 7 nitrogen and oxygen atoms in total. The molecule has 8 heteroatoms. The fourth-order valence-electron chi connectivity index (χ4n) is 2.21. The molecule has 0 aliphatic carbocycles. The number of rotatable bonds is 3. The number of esters is 1. The second kappa shape index (κ2) is 6.85. The lowest BCUT2D eigenvalue weighted by Gasteiger charge is -2.18. The molecule has 1 heterocycles. The standard InChI is InChI=1S/C14H17ClN2O5/c1-21-12-6-11(10(15)5-9(12)13(19)22-2)16-14(20)17-4-3-8(18)7-17/h5-6,8,18H,3-4,7H2,1-2H3,(H,16,20)/t8-/m1/s1. The Labute approximate surface area is 132 Å². The van der Waals surface area contributed by atoms with Gasteiger partial charge in [0.05, 0.1) is 31.0 Å². The summed E-state index contributed by atoms with van der Waals surface area (Å²) in [7, 11) is 2.65. The number of hydrogen-bond acceptors (Lipinski definition) is 5. The molecule has 1 aromatic rings. The second-order valence-electron chi connectivity index (χ2n) is 4.84. The van der Waals surface area contributed by atoms with Crippen molar-refractivity contribution in [2.45, 2.75) is 12.5 Å². The number of β-amino-alcohol motifs (C(OH)–C–C–N with tert-alkyl or cyclic N) is 1. The maximum Gasteiger partial charge on any atom is 0.341 e. The van der Waals surface area contributed by atoms with Gasteiger partial charge in [0.1, 0.15) is 11.3 Å². The Bertz CT molecular complexity index is 593. The van der Waals surface area contributed by atoms with E-state index >= 15 is 0 Å². The Morgan fingerprint density at radius 1 is 1.41 bits per heavy atom. The smallest absolute Gasteiger partial charge is 0.341 e. The monoisotopic (exact) mass is 328 g/mol. The zero-order chi connectivity index (χ0) is 16.3. The van der Waals surface area contributed by atoms with Gasteiger partial charge in [0.25, 0.3) is 0 Å². The summed E-state index contributed by atoms with van der Waals surface area (Å²) in [5.41, 5.74) is 0.488. The molecule has 1 fully saturated rings. The van der Waals surface area contributed by atoms with Crippen LogP contribution < -0.4 is 10.1 Å². The van der Waals surface area contributed by atoms with Gasteiger partial charge in [0.2, 0.25) is 0 Å². The molecule has 1 aliphatic rings. The molecule has 2 amide bonds. The summed E-state index contributed by atoms with van der Waals surface area (Å²) in [4.78, 5) is 25.2. The van der Waals surface area contributed by atoms with Crippen LogP contribution in [0.1, 0.15) is 16.8 Å². The number of hydrogen-bond donors (Lipinski definition) is 2. The van der Waals surface area contributed by atoms with E-state index in [0.717, 1.165) is 0 Å². The number of nitrogens with zero attached hydrogens (tertiary/aromatic N) is 1. The van der Waals surface area contributed by atoms with Crippen molar-refractivity contribution in [3.8, 4) is 5.75 Å². The lowest BCUT2D eigenvalue weighted by Crippen LogP contribution is -2.33. The number of methoxy groups -OCH3 is 2. The molecule has 0 bridgehead atoms. The van der Waals surface area contributed by atoms with E-state index in [2.05, 4.69) is 10.1 Å². The highest BCUT2D eigenvalue weighted by Crippen LogP contribution is 2.31. The van der Waals surface area contributed by atoms with Gasteiger partial charge in [-0.25, -0.2) is 9.59 Å². The Hall–Kier alpha value is -1.99. The SMILES string of the molecule is COC(=O)c1cc(Cl)c(NC(=O)N2CC[C@@H](O)C2)cc1OC. The van der Waals surface area contributed by atoms with Gasteiger partial charge in [0.15, 0.2) is 0 Å². The molecule has 0 radical (unpaired) electrons. The van der Waals surface area contributed by atoms with Crippen molar-refractivity contribution in [1.29, 1.82) is 0 Å². The van der Waals surface area contributed by atoms with Gasteiger partial charge in [-0.1, -0.05) is 11.6 Å². The Morgan fingerprint density at radius 2 is 2.14 bits per heavy atom. The van der Waals surface area contributed by atoms with Crippen molar-refractivity contribution in [3.63, 3.8) is 0 Å². The van der Waals surface area contributed by atoms with Crippen LogP contribution in [0.15, 0.2) is 12.1 Å². The zero-order valence-electron chi connectivity index (χ0n) is 12.3. The van der Waals surface area contributed by atoms with E-state index in [0.29, 0.717) is 18.7 Å². The third-order valence-electron chi connectivity index (χ3n) is 3.39. The van der Waals surface area contributed by atoms with Crippen LogP contribution in [0.4, 0.5) is 10.5 Å². The predicted octanol–water partition coefficient (Wildman–Crippen LogP) is 1.73. The maximum absolute atomic E-state index is 12.1. The number of likely N-dealkylation sites (tertiary alicyclic amines) is 1. The molecule has 120 valence electrons. The Kier molecular flexibility index (Phi) is 5.10. The highest BCUT2D eigenvalue weighted by Gasteiger charge is 2.25. The lowest BCUT2D eigenvalue weighted by molar-refractivity contribution is 0.0597. The molecule has 2 N–H and O–H groups in total. The summed E-state index contributed by atoms with van der Waals surface area (Å²) in [5.74, 6) is -0.340. The van der Waals surface area contributed by atoms with Crippen LogP contribution in [0, 0.1) is 0 Å². The molecular weight excluding hydrogens is 312 g/mol. The highest BCUT2D eigenvalue weighted by atomic mass is 35.5. The average molecular weight is 329 g/mol. The molecule has 1 saturated heterocycles. The fourth-order valence-corrected chi connectivity index (χ4v) is 2.42. The van der Waals surface area contributed by atoms with E-state index in [-0.39, 0.29) is 28.9 Å². The van der Waals surface area contributed by atoms with Gasteiger partial charge >= 0.3 is 12.0 Å². The lowest BCUT2D eigenvalue weighted by atomic mass is 10.1. The highest BCUT2D eigenvalue weighted by molar-refractivity contribution is 6.34. The number of halogens is 1. The molecule has 0 aromatic heterocycles. The molecular formula is C14H17ClN2O5. The van der Waals surface area contributed by atoms with E-state index in [1.165, 1.54) is 31.3 Å². The number of carbonyl (C=O) groups excluding carboxylic acids is 2. The first-order valence-electron chi connectivity index (χ1n) is 6.66. The minimum atomic E-state index is -0.584. The van der Waals surface area contributed by atoms with Crippen LogP contribution in [-0.4, -0.2) is 55.4 Å². The fraction of sp³-hybridized carbons (Fsp3) is 0.429. The minimum Gasteiger partial charge on any atom is -0.496 e. The number of urea groups is 1. The number of benzene rings is 1. The summed E-state index contributed by atoms with van der Waals surface area (Å²) in [6.07, 6.45) is 0.0450. The number of carbonyl (C=O) groups is 2. The first kappa shape index (κ1) is 16.4. The van der Waals surface area contributed by atoms with Crippen LogP contribution in [0.25, 0.3) is 0 Å². The molecule has 2 rings (SSSR count). The second-order valence-corrected chi connectivity index (χ2v) is 5.25. The third-order valence-corrected chi connectivity index (χ3v) is 3.70. The van der Waals surface area contributed by atoms with Crippen molar-refractivity contribution in [2.75, 3.05) is 32.6 Å². The summed E-state index contributed by atoms with van der Waals surface area (Å²) in [6.45, 7) is 0.753. The average Bonchev–Trinajstić information content (AvgIpc) is 2.94. The number of amides is 2. The molecule has 22 heavy (non-hydrogen) atoms. The molecule has 1 aromatic carbocycles. The molecule has 0 spiro atoms. The topological polar surface area (TPSA) is 88.1 Å². The number of nitrogens with one attached hydrogen (secondary N) is 1. The van der Waals surface area contributed by atoms with Gasteiger partial charge in [-0.2, -0.15) is 0 Å². The Balaban J connectivity index is 2.21. The molecule has 0 saturated carbocycles. The molecule has 0 unspecified atom stereocenters. The van der Waals surface area contributed by atoms with E-state index in [1.807, 2.05) is 0 Å². The minimum absolute atomic E-state index is 0.171. The van der Waals surface area contributed by atoms with Crippen molar-refractivity contribution >= 4 is 29.3 Å². The first-order chi connectivity index (χ1) is 10.5. The Morgan fingerprint density at radius 3 is 2.68 bits per heavy atom. The number of aliphatic hydroxyl groups is 1. The first-order valence-corrected chi connectivity index (χ1v) is 7.04. The normalized spacial score (nSPS) is 17.3. The largest absolute Gasteiger partial charge is 0.496 e. The maximum atomic E-state index is 12.1. The van der Waals surface area contributed by atoms with Gasteiger partial charge in [-0.3, -0.25) is 0 Å². The van der Waals surface area contributed by atoms with Gasteiger partial charge in [-0.05, 0) is 12.5 Å². The van der Waals surface area contributed by atoms with E-state index in [9.17, 15) is 14.7 Å². The molecule has 1 aliphatic heterocycles. The van der Waals surface area contributed by atoms with Crippen LogP contribution in [0.5, 0.6) is 5.75 Å². The summed E-state index contributed by atoms with van der Waals surface area (Å²) >= 11 is 6.09. The van der Waals surface area contributed by atoms with E-state index in [1.54, 1.807) is 0 Å². The van der Waals surface area contributed by atoms with Crippen LogP contribution in [0.3, 0.4) is 0 Å². The van der Waals surface area contributed by atoms with E-state index < -0.39 is 12.1 Å². The van der Waals surface area contributed by atoms with Crippen molar-refractivity contribution in [1.82, 2.24) is 4.90 Å². The summed E-state index contributed by atoms with van der Waals surface area (Å²) in [5, 5.41) is 12.3. The van der Waals surface area contributed by atoms with Crippen molar-refractivity contribution in [3.05, 3.63) is 22.7 Å². The molecule has 1 atom stereocenters. The van der Waals surface area contributed by atoms with E-state index in [4.69, 9.17) is 16.3 Å². The van der Waals surface area contributed by atoms with Gasteiger partial charge in [-0.15, -0.1) is 0 Å². The quantitative estimate of drug-likeness (QED) is 0.825. The zero-order valence-corrected chi connectivity index (χ0v) is 13.0. The van der Waals surface area contributed by atoms with Crippen LogP contribution in [-0.2, 0) is 4.74 Å². The predicted molar refractivity (Wildman–Crippen MR) is 80.6 cm³/mol. The summed E-state index contributed by atoms with van der Waals surface area (Å²) in [6, 6.07) is 2.46. The van der Waals surface area contributed by atoms with Crippen LogP contribution >= 0.6 is 11.6 Å². The van der Waals surface area contributed by atoms with Crippen molar-refractivity contribution < 1.29 is 24.2 Å². The number of aliphatic hydroxyl groups excluding tert-OH is 1. The summed E-state index contributed by atoms with van der Waals surface area (Å²) < 4.78 is 9.77. The van der Waals surface area contributed by atoms with Crippen LogP contribution in [0.2, 0.25) is 5.02 Å². The van der Waals surface area contributed by atoms with Crippen molar-refractivity contribution in [2.24, 2.45) is 0 Å².